The normalized spacial score (nSPS) is 23.6. The predicted molar refractivity (Wildman–Crippen MR) is 111 cm³/mol. The number of aromatic nitrogens is 1. The molecule has 1 saturated heterocycles. The van der Waals surface area contributed by atoms with Crippen molar-refractivity contribution in [2.24, 2.45) is 17.8 Å². The molecule has 1 saturated carbocycles. The minimum atomic E-state index is 0.0797. The van der Waals surface area contributed by atoms with Gasteiger partial charge in [-0.3, -0.25) is 9.59 Å². The highest BCUT2D eigenvalue weighted by molar-refractivity contribution is 7.13. The fourth-order valence-corrected chi connectivity index (χ4v) is 5.19. The summed E-state index contributed by atoms with van der Waals surface area (Å²) in [5.74, 6) is 1.30. The van der Waals surface area contributed by atoms with Crippen LogP contribution in [0.15, 0.2) is 35.7 Å². The average molecular weight is 398 g/mol. The Morgan fingerprint density at radius 1 is 1.29 bits per heavy atom. The summed E-state index contributed by atoms with van der Waals surface area (Å²) in [6, 6.07) is 10.1. The van der Waals surface area contributed by atoms with Crippen molar-refractivity contribution in [2.45, 2.75) is 32.6 Å². The Morgan fingerprint density at radius 3 is 2.89 bits per heavy atom. The van der Waals surface area contributed by atoms with Crippen molar-refractivity contribution in [1.29, 1.82) is 0 Å². The molecule has 0 bridgehead atoms. The van der Waals surface area contributed by atoms with Crippen LogP contribution in [0.25, 0.3) is 10.6 Å². The number of fused-ring (bicyclic) bond motifs is 1. The minimum Gasteiger partial charge on any atom is -0.356 e. The molecule has 3 atom stereocenters. The van der Waals surface area contributed by atoms with Gasteiger partial charge in [0.1, 0.15) is 5.01 Å². The molecule has 1 aromatic carbocycles. The summed E-state index contributed by atoms with van der Waals surface area (Å²) in [6.45, 7) is 4.32. The minimum absolute atomic E-state index is 0.0797. The predicted octanol–water partition coefficient (Wildman–Crippen LogP) is 3.36. The summed E-state index contributed by atoms with van der Waals surface area (Å²) in [7, 11) is 0. The Hall–Kier alpha value is -2.21. The third-order valence-corrected chi connectivity index (χ3v) is 6.96. The second-order valence-electron chi connectivity index (χ2n) is 7.87. The van der Waals surface area contributed by atoms with Crippen LogP contribution in [0.4, 0.5) is 0 Å². The van der Waals surface area contributed by atoms with Crippen molar-refractivity contribution >= 4 is 23.2 Å². The van der Waals surface area contributed by atoms with E-state index in [2.05, 4.69) is 17.2 Å². The van der Waals surface area contributed by atoms with E-state index in [1.807, 2.05) is 40.6 Å². The van der Waals surface area contributed by atoms with E-state index in [1.165, 1.54) is 0 Å². The molecule has 0 unspecified atom stereocenters. The molecule has 2 amide bonds. The van der Waals surface area contributed by atoms with Gasteiger partial charge in [0, 0.05) is 36.5 Å². The monoisotopic (exact) mass is 397 g/mol. The van der Waals surface area contributed by atoms with Crippen molar-refractivity contribution in [3.8, 4) is 10.6 Å². The van der Waals surface area contributed by atoms with Crippen molar-refractivity contribution in [2.75, 3.05) is 19.6 Å². The van der Waals surface area contributed by atoms with Crippen LogP contribution >= 0.6 is 11.3 Å². The SMILES string of the molecule is CCCNC(=O)[C@@H]1C[C@H]2CCN(C(=O)Cc3csc(-c4ccccc4)n3)C[C@H]21. The van der Waals surface area contributed by atoms with Gasteiger partial charge in [-0.05, 0) is 31.1 Å². The maximum absolute atomic E-state index is 12.8. The highest BCUT2D eigenvalue weighted by Gasteiger charge is 2.48. The van der Waals surface area contributed by atoms with Crippen LogP contribution in [0.5, 0.6) is 0 Å². The molecule has 28 heavy (non-hydrogen) atoms. The molecule has 2 aliphatic rings. The Labute approximate surface area is 170 Å². The summed E-state index contributed by atoms with van der Waals surface area (Å²) in [5, 5.41) is 5.95. The Bertz CT molecular complexity index is 835. The number of amides is 2. The van der Waals surface area contributed by atoms with E-state index >= 15 is 0 Å². The molecule has 1 aliphatic heterocycles. The van der Waals surface area contributed by atoms with Gasteiger partial charge in [0.05, 0.1) is 12.1 Å². The van der Waals surface area contributed by atoms with Gasteiger partial charge in [0.15, 0.2) is 0 Å². The fraction of sp³-hybridized carbons (Fsp3) is 0.500. The van der Waals surface area contributed by atoms with Crippen molar-refractivity contribution in [3.05, 3.63) is 41.4 Å². The molecule has 1 N–H and O–H groups in total. The van der Waals surface area contributed by atoms with Crippen LogP contribution in [-0.2, 0) is 16.0 Å². The standard InChI is InChI=1S/C22H27N3O2S/c1-2-9-23-21(27)18-11-16-8-10-25(13-19(16)18)20(26)12-17-14-28-22(24-17)15-6-4-3-5-7-15/h3-7,14,16,18-19H,2,8-13H2,1H3,(H,23,27)/t16-,18-,19-/m1/s1. The quantitative estimate of drug-likeness (QED) is 0.813. The van der Waals surface area contributed by atoms with Gasteiger partial charge in [-0.2, -0.15) is 0 Å². The smallest absolute Gasteiger partial charge is 0.228 e. The third-order valence-electron chi connectivity index (χ3n) is 6.02. The number of nitrogens with zero attached hydrogens (tertiary/aromatic N) is 2. The molecule has 1 aromatic heterocycles. The first-order valence-electron chi connectivity index (χ1n) is 10.2. The van der Waals surface area contributed by atoms with Gasteiger partial charge in [0.2, 0.25) is 11.8 Å². The number of hydrogen-bond acceptors (Lipinski definition) is 4. The summed E-state index contributed by atoms with van der Waals surface area (Å²) in [6.07, 6.45) is 3.29. The molecule has 2 heterocycles. The summed E-state index contributed by atoms with van der Waals surface area (Å²) in [4.78, 5) is 31.7. The summed E-state index contributed by atoms with van der Waals surface area (Å²) >= 11 is 1.58. The van der Waals surface area contributed by atoms with E-state index in [9.17, 15) is 9.59 Å². The zero-order valence-electron chi connectivity index (χ0n) is 16.3. The zero-order chi connectivity index (χ0) is 19.5. The van der Waals surface area contributed by atoms with E-state index in [-0.39, 0.29) is 17.7 Å². The number of hydrogen-bond donors (Lipinski definition) is 1. The van der Waals surface area contributed by atoms with Gasteiger partial charge in [-0.25, -0.2) is 4.98 Å². The Kier molecular flexibility index (Phi) is 5.76. The second kappa shape index (κ2) is 8.43. The number of carbonyl (C=O) groups excluding carboxylic acids is 2. The van der Waals surface area contributed by atoms with Gasteiger partial charge >= 0.3 is 0 Å². The molecule has 2 aromatic rings. The topological polar surface area (TPSA) is 62.3 Å². The molecule has 1 aliphatic carbocycles. The average Bonchev–Trinajstić information content (AvgIpc) is 3.16. The molecule has 5 nitrogen and oxygen atoms in total. The number of rotatable bonds is 6. The largest absolute Gasteiger partial charge is 0.356 e. The first-order chi connectivity index (χ1) is 13.7. The number of thiazole rings is 1. The lowest BCUT2D eigenvalue weighted by molar-refractivity contribution is -0.145. The van der Waals surface area contributed by atoms with E-state index < -0.39 is 0 Å². The summed E-state index contributed by atoms with van der Waals surface area (Å²) in [5.41, 5.74) is 1.92. The van der Waals surface area contributed by atoms with Gasteiger partial charge in [-0.15, -0.1) is 11.3 Å². The maximum Gasteiger partial charge on any atom is 0.228 e. The van der Waals surface area contributed by atoms with Crippen LogP contribution in [0.1, 0.15) is 31.9 Å². The molecule has 0 radical (unpaired) electrons. The van der Waals surface area contributed by atoms with E-state index in [4.69, 9.17) is 0 Å². The van der Waals surface area contributed by atoms with Crippen LogP contribution in [0, 0.1) is 17.8 Å². The fourth-order valence-electron chi connectivity index (χ4n) is 4.36. The highest BCUT2D eigenvalue weighted by atomic mass is 32.1. The van der Waals surface area contributed by atoms with Crippen molar-refractivity contribution in [1.82, 2.24) is 15.2 Å². The molecule has 0 spiro atoms. The Balaban J connectivity index is 1.34. The first kappa shape index (κ1) is 19.1. The van der Waals surface area contributed by atoms with Crippen LogP contribution in [0.2, 0.25) is 0 Å². The molecule has 4 rings (SSSR count). The number of piperidine rings is 1. The number of carbonyl (C=O) groups is 2. The van der Waals surface area contributed by atoms with Crippen LogP contribution < -0.4 is 5.32 Å². The molecule has 2 fully saturated rings. The lowest BCUT2D eigenvalue weighted by atomic mass is 9.61. The summed E-state index contributed by atoms with van der Waals surface area (Å²) < 4.78 is 0. The zero-order valence-corrected chi connectivity index (χ0v) is 17.1. The van der Waals surface area contributed by atoms with Gasteiger partial charge in [0.25, 0.3) is 0 Å². The lowest BCUT2D eigenvalue weighted by Gasteiger charge is -2.50. The molecule has 148 valence electrons. The molecular weight excluding hydrogens is 370 g/mol. The molecular formula is C22H27N3O2S. The van der Waals surface area contributed by atoms with Crippen LogP contribution in [0.3, 0.4) is 0 Å². The maximum atomic E-state index is 12.8. The second-order valence-corrected chi connectivity index (χ2v) is 8.73. The van der Waals surface area contributed by atoms with Gasteiger partial charge in [-0.1, -0.05) is 37.3 Å². The number of nitrogens with one attached hydrogen (secondary N) is 1. The number of benzene rings is 1. The van der Waals surface area contributed by atoms with E-state index in [1.54, 1.807) is 11.3 Å². The lowest BCUT2D eigenvalue weighted by Crippen LogP contribution is -2.56. The van der Waals surface area contributed by atoms with Crippen LogP contribution in [-0.4, -0.2) is 41.3 Å². The van der Waals surface area contributed by atoms with Crippen molar-refractivity contribution in [3.63, 3.8) is 0 Å². The first-order valence-corrected chi connectivity index (χ1v) is 11.1. The van der Waals surface area contributed by atoms with E-state index in [0.717, 1.165) is 48.6 Å². The highest BCUT2D eigenvalue weighted by Crippen LogP contribution is 2.45. The van der Waals surface area contributed by atoms with E-state index in [0.29, 0.717) is 24.8 Å². The third kappa shape index (κ3) is 3.97. The van der Waals surface area contributed by atoms with Crippen molar-refractivity contribution < 1.29 is 9.59 Å². The Morgan fingerprint density at radius 2 is 2.11 bits per heavy atom. The number of likely N-dealkylation sites (tertiary alicyclic amines) is 1. The van der Waals surface area contributed by atoms with Gasteiger partial charge < -0.3 is 10.2 Å². The molecule has 6 heteroatoms.